The Morgan fingerprint density at radius 2 is 2.05 bits per heavy atom. The zero-order chi connectivity index (χ0) is 15.4. The van der Waals surface area contributed by atoms with Gasteiger partial charge in [-0.2, -0.15) is 15.0 Å². The van der Waals surface area contributed by atoms with Crippen molar-refractivity contribution in [2.45, 2.75) is 19.9 Å². The molecule has 2 aromatic rings. The van der Waals surface area contributed by atoms with Crippen molar-refractivity contribution in [1.29, 1.82) is 0 Å². The van der Waals surface area contributed by atoms with Gasteiger partial charge in [0.2, 0.25) is 17.1 Å². The lowest BCUT2D eigenvalue weighted by Gasteiger charge is -2.11. The topological polar surface area (TPSA) is 86.0 Å². The van der Waals surface area contributed by atoms with Crippen LogP contribution in [0, 0.1) is 0 Å². The fourth-order valence-electron chi connectivity index (χ4n) is 1.52. The van der Waals surface area contributed by atoms with Gasteiger partial charge < -0.3 is 9.64 Å². The van der Waals surface area contributed by atoms with Crippen molar-refractivity contribution >= 4 is 17.5 Å². The Morgan fingerprint density at radius 3 is 2.71 bits per heavy atom. The van der Waals surface area contributed by atoms with Gasteiger partial charge in [-0.1, -0.05) is 6.92 Å². The molecule has 0 N–H and O–H groups in total. The number of aryl methyl sites for hydroxylation is 1. The van der Waals surface area contributed by atoms with Crippen LogP contribution in [-0.4, -0.2) is 38.8 Å². The minimum absolute atomic E-state index is 0.0191. The van der Waals surface area contributed by atoms with Crippen LogP contribution >= 0.6 is 11.6 Å². The molecule has 0 aromatic carbocycles. The Balaban J connectivity index is 2.29. The van der Waals surface area contributed by atoms with E-state index in [0.717, 1.165) is 6.42 Å². The van der Waals surface area contributed by atoms with Gasteiger partial charge in [-0.15, -0.1) is 5.10 Å². The van der Waals surface area contributed by atoms with E-state index in [9.17, 15) is 4.79 Å². The summed E-state index contributed by atoms with van der Waals surface area (Å²) in [5.41, 5.74) is -0.188. The normalized spacial score (nSPS) is 10.5. The van der Waals surface area contributed by atoms with E-state index in [1.165, 1.54) is 16.8 Å². The van der Waals surface area contributed by atoms with Gasteiger partial charge in [0.1, 0.15) is 0 Å². The number of hydrogen-bond acceptors (Lipinski definition) is 7. The molecule has 0 amide bonds. The number of anilines is 1. The van der Waals surface area contributed by atoms with Crippen LogP contribution in [0.3, 0.4) is 0 Å². The molecule has 0 unspecified atom stereocenters. The van der Waals surface area contributed by atoms with Crippen LogP contribution in [0.25, 0.3) is 0 Å². The number of hydrogen-bond donors (Lipinski definition) is 0. The molecular formula is C12H15ClN6O2. The van der Waals surface area contributed by atoms with Crippen LogP contribution in [-0.2, 0) is 6.54 Å². The number of aromatic nitrogens is 5. The summed E-state index contributed by atoms with van der Waals surface area (Å²) in [5, 5.41) is 4.11. The molecule has 21 heavy (non-hydrogen) atoms. The Bertz CT molecular complexity index is 688. The third-order valence-corrected chi connectivity index (χ3v) is 2.62. The van der Waals surface area contributed by atoms with Crippen LogP contribution in [0.1, 0.15) is 13.3 Å². The molecule has 0 bridgehead atoms. The van der Waals surface area contributed by atoms with Gasteiger partial charge in [0.15, 0.2) is 0 Å². The summed E-state index contributed by atoms with van der Waals surface area (Å²) in [5.74, 6) is 0.585. The van der Waals surface area contributed by atoms with Crippen molar-refractivity contribution in [3.8, 4) is 11.9 Å². The van der Waals surface area contributed by atoms with Crippen LogP contribution in [0.4, 0.5) is 5.95 Å². The molecule has 0 aliphatic rings. The lowest BCUT2D eigenvalue weighted by molar-refractivity contribution is 0.397. The summed E-state index contributed by atoms with van der Waals surface area (Å²) in [6, 6.07) is 2.86. The SMILES string of the molecule is CCCn1nc(Oc2nc(Cl)nc(N(C)C)n2)ccc1=O. The van der Waals surface area contributed by atoms with Crippen molar-refractivity contribution in [1.82, 2.24) is 24.7 Å². The molecule has 0 atom stereocenters. The Morgan fingerprint density at radius 1 is 1.29 bits per heavy atom. The molecule has 0 aliphatic heterocycles. The first-order valence-electron chi connectivity index (χ1n) is 6.34. The summed E-state index contributed by atoms with van der Waals surface area (Å²) in [6.07, 6.45) is 0.790. The van der Waals surface area contributed by atoms with E-state index in [4.69, 9.17) is 16.3 Å². The number of nitrogens with zero attached hydrogens (tertiary/aromatic N) is 6. The van der Waals surface area contributed by atoms with Crippen molar-refractivity contribution in [2.24, 2.45) is 0 Å². The van der Waals surface area contributed by atoms with Crippen LogP contribution < -0.4 is 15.2 Å². The summed E-state index contributed by atoms with van der Waals surface area (Å²) in [4.78, 5) is 25.2. The molecule has 0 aliphatic carbocycles. The highest BCUT2D eigenvalue weighted by Gasteiger charge is 2.10. The summed E-state index contributed by atoms with van der Waals surface area (Å²) in [7, 11) is 3.55. The predicted octanol–water partition coefficient (Wildman–Crippen LogP) is 1.35. The second-order valence-electron chi connectivity index (χ2n) is 4.42. The smallest absolute Gasteiger partial charge is 0.329 e. The molecule has 0 radical (unpaired) electrons. The molecule has 0 saturated carbocycles. The molecule has 112 valence electrons. The molecular weight excluding hydrogens is 296 g/mol. The summed E-state index contributed by atoms with van der Waals surface area (Å²) >= 11 is 5.82. The summed E-state index contributed by atoms with van der Waals surface area (Å²) < 4.78 is 6.77. The first-order chi connectivity index (χ1) is 9.99. The fourth-order valence-corrected chi connectivity index (χ4v) is 1.67. The van der Waals surface area contributed by atoms with E-state index >= 15 is 0 Å². The van der Waals surface area contributed by atoms with Gasteiger partial charge >= 0.3 is 6.01 Å². The zero-order valence-corrected chi connectivity index (χ0v) is 12.7. The Kier molecular flexibility index (Phi) is 4.69. The molecule has 2 aromatic heterocycles. The number of ether oxygens (including phenoxy) is 1. The Hall–Kier alpha value is -2.22. The highest BCUT2D eigenvalue weighted by atomic mass is 35.5. The quantitative estimate of drug-likeness (QED) is 0.823. The monoisotopic (exact) mass is 310 g/mol. The molecule has 8 nitrogen and oxygen atoms in total. The van der Waals surface area contributed by atoms with Gasteiger partial charge in [-0.25, -0.2) is 4.68 Å². The first kappa shape index (κ1) is 15.2. The average molecular weight is 311 g/mol. The van der Waals surface area contributed by atoms with Gasteiger partial charge in [-0.05, 0) is 18.0 Å². The van der Waals surface area contributed by atoms with E-state index in [1.54, 1.807) is 19.0 Å². The minimum atomic E-state index is -0.188. The van der Waals surface area contributed by atoms with E-state index < -0.39 is 0 Å². The van der Waals surface area contributed by atoms with Gasteiger partial charge in [0, 0.05) is 32.8 Å². The standard InChI is InChI=1S/C12H15ClN6O2/c1-4-7-19-9(20)6-5-8(17-19)21-12-15-10(13)14-11(16-12)18(2)3/h5-6H,4,7H2,1-3H3. The molecule has 0 saturated heterocycles. The maximum atomic E-state index is 11.6. The van der Waals surface area contributed by atoms with Gasteiger partial charge in [0.25, 0.3) is 5.56 Å². The van der Waals surface area contributed by atoms with Crippen molar-refractivity contribution < 1.29 is 4.74 Å². The number of halogens is 1. The van der Waals surface area contributed by atoms with Crippen molar-refractivity contribution in [3.63, 3.8) is 0 Å². The molecule has 2 heterocycles. The second-order valence-corrected chi connectivity index (χ2v) is 4.75. The Labute approximate surface area is 126 Å². The maximum absolute atomic E-state index is 11.6. The third-order valence-electron chi connectivity index (χ3n) is 2.45. The van der Waals surface area contributed by atoms with Crippen LogP contribution in [0.5, 0.6) is 11.9 Å². The van der Waals surface area contributed by atoms with E-state index in [2.05, 4.69) is 20.1 Å². The van der Waals surface area contributed by atoms with E-state index in [-0.39, 0.29) is 22.7 Å². The van der Waals surface area contributed by atoms with Crippen LogP contribution in [0.15, 0.2) is 16.9 Å². The van der Waals surface area contributed by atoms with Gasteiger partial charge in [0.05, 0.1) is 0 Å². The predicted molar refractivity (Wildman–Crippen MR) is 78.0 cm³/mol. The maximum Gasteiger partial charge on any atom is 0.329 e. The lowest BCUT2D eigenvalue weighted by atomic mass is 10.5. The van der Waals surface area contributed by atoms with E-state index in [0.29, 0.717) is 12.5 Å². The van der Waals surface area contributed by atoms with Crippen molar-refractivity contribution in [2.75, 3.05) is 19.0 Å². The zero-order valence-electron chi connectivity index (χ0n) is 11.9. The lowest BCUT2D eigenvalue weighted by Crippen LogP contribution is -2.22. The third kappa shape index (κ3) is 3.88. The molecule has 9 heteroatoms. The highest BCUT2D eigenvalue weighted by Crippen LogP contribution is 2.17. The largest absolute Gasteiger partial charge is 0.403 e. The van der Waals surface area contributed by atoms with Gasteiger partial charge in [-0.3, -0.25) is 4.79 Å². The number of rotatable bonds is 5. The highest BCUT2D eigenvalue weighted by molar-refractivity contribution is 6.28. The second kappa shape index (κ2) is 6.49. The molecule has 0 fully saturated rings. The minimum Gasteiger partial charge on any atom is -0.403 e. The summed E-state index contributed by atoms with van der Waals surface area (Å²) in [6.45, 7) is 2.47. The average Bonchev–Trinajstić information content (AvgIpc) is 2.42. The molecule has 2 rings (SSSR count). The first-order valence-corrected chi connectivity index (χ1v) is 6.72. The fraction of sp³-hybridized carbons (Fsp3) is 0.417. The van der Waals surface area contributed by atoms with Crippen molar-refractivity contribution in [3.05, 3.63) is 27.8 Å². The van der Waals surface area contributed by atoms with Crippen LogP contribution in [0.2, 0.25) is 5.28 Å². The van der Waals surface area contributed by atoms with E-state index in [1.807, 2.05) is 6.92 Å². The molecule has 0 spiro atoms.